The van der Waals surface area contributed by atoms with E-state index in [0.717, 1.165) is 0 Å². The molecule has 0 spiro atoms. The molecule has 1 aromatic rings. The molecule has 1 unspecified atom stereocenters. The lowest BCUT2D eigenvalue weighted by atomic mass is 10.1. The van der Waals surface area contributed by atoms with Crippen LogP contribution in [-0.2, 0) is 6.42 Å². The Balaban J connectivity index is 2.62. The molecule has 0 saturated heterocycles. The highest BCUT2D eigenvalue weighted by Gasteiger charge is 2.24. The van der Waals surface area contributed by atoms with E-state index in [4.69, 9.17) is 5.26 Å². The highest BCUT2D eigenvalue weighted by Crippen LogP contribution is 2.33. The van der Waals surface area contributed by atoms with Crippen molar-refractivity contribution >= 4 is 0 Å². The Hall–Kier alpha value is -1.40. The Kier molecular flexibility index (Phi) is 1.78. The van der Waals surface area contributed by atoms with Crippen LogP contribution in [0.1, 0.15) is 29.2 Å². The van der Waals surface area contributed by atoms with Crippen molar-refractivity contribution in [3.8, 4) is 6.07 Å². The van der Waals surface area contributed by atoms with Crippen LogP contribution in [0.25, 0.3) is 0 Å². The summed E-state index contributed by atoms with van der Waals surface area (Å²) in [5, 5.41) is 18.0. The Morgan fingerprint density at radius 1 is 1.54 bits per heavy atom. The van der Waals surface area contributed by atoms with E-state index in [0.29, 0.717) is 24.0 Å². The lowest BCUT2D eigenvalue weighted by molar-refractivity contribution is 0.180. The zero-order chi connectivity index (χ0) is 9.42. The summed E-state index contributed by atoms with van der Waals surface area (Å²) >= 11 is 0. The number of hydrogen-bond donors (Lipinski definition) is 1. The molecule has 0 bridgehead atoms. The number of nitrogens with zero attached hydrogens (tertiary/aromatic N) is 1. The zero-order valence-corrected chi connectivity index (χ0v) is 6.92. The summed E-state index contributed by atoms with van der Waals surface area (Å²) in [4.78, 5) is 0. The van der Waals surface area contributed by atoms with Crippen LogP contribution < -0.4 is 0 Å². The first kappa shape index (κ1) is 8.21. The summed E-state index contributed by atoms with van der Waals surface area (Å²) < 4.78 is 13.4. The van der Waals surface area contributed by atoms with Gasteiger partial charge in [0.2, 0.25) is 0 Å². The maximum atomic E-state index is 13.4. The van der Waals surface area contributed by atoms with Crippen molar-refractivity contribution in [2.24, 2.45) is 0 Å². The van der Waals surface area contributed by atoms with E-state index in [9.17, 15) is 9.50 Å². The van der Waals surface area contributed by atoms with Gasteiger partial charge in [-0.2, -0.15) is 5.26 Å². The molecule has 0 radical (unpaired) electrons. The third-order valence-electron chi connectivity index (χ3n) is 2.43. The predicted octanol–water partition coefficient (Wildman–Crippen LogP) is 1.68. The Bertz CT molecular complexity index is 395. The molecule has 0 aromatic heterocycles. The van der Waals surface area contributed by atoms with Gasteiger partial charge >= 0.3 is 0 Å². The van der Waals surface area contributed by atoms with Gasteiger partial charge in [0.1, 0.15) is 11.9 Å². The highest BCUT2D eigenvalue weighted by molar-refractivity contribution is 5.43. The van der Waals surface area contributed by atoms with Gasteiger partial charge in [0, 0.05) is 0 Å². The second-order valence-corrected chi connectivity index (χ2v) is 3.16. The molecule has 2 rings (SSSR count). The SMILES string of the molecule is N#Cc1ccc2c(c1F)CCC2O. The van der Waals surface area contributed by atoms with Crippen LogP contribution in [0.15, 0.2) is 12.1 Å². The molecule has 2 nitrogen and oxygen atoms in total. The normalized spacial score (nSPS) is 19.6. The Labute approximate surface area is 75.2 Å². The summed E-state index contributed by atoms with van der Waals surface area (Å²) in [5.41, 5.74) is 1.20. The topological polar surface area (TPSA) is 44.0 Å². The summed E-state index contributed by atoms with van der Waals surface area (Å²) in [6, 6.07) is 4.84. The van der Waals surface area contributed by atoms with Crippen LogP contribution in [0.5, 0.6) is 0 Å². The molecule has 1 aromatic carbocycles. The Morgan fingerprint density at radius 2 is 2.31 bits per heavy atom. The van der Waals surface area contributed by atoms with E-state index in [2.05, 4.69) is 0 Å². The largest absolute Gasteiger partial charge is 0.388 e. The van der Waals surface area contributed by atoms with E-state index in [1.165, 1.54) is 6.07 Å². The molecule has 1 N–H and O–H groups in total. The molecule has 0 amide bonds. The average Bonchev–Trinajstić information content (AvgIpc) is 2.50. The van der Waals surface area contributed by atoms with Crippen LogP contribution in [0, 0.1) is 17.1 Å². The summed E-state index contributed by atoms with van der Waals surface area (Å²) in [6.45, 7) is 0. The summed E-state index contributed by atoms with van der Waals surface area (Å²) in [6.07, 6.45) is 0.524. The molecule has 1 aliphatic carbocycles. The molecular formula is C10H8FNO. The summed E-state index contributed by atoms with van der Waals surface area (Å²) in [5.74, 6) is -0.462. The van der Waals surface area contributed by atoms with Gasteiger partial charge in [0.05, 0.1) is 11.7 Å². The maximum Gasteiger partial charge on any atom is 0.144 e. The van der Waals surface area contributed by atoms with Gasteiger partial charge in [-0.3, -0.25) is 0 Å². The van der Waals surface area contributed by atoms with Gasteiger partial charge in [-0.15, -0.1) is 0 Å². The van der Waals surface area contributed by atoms with E-state index >= 15 is 0 Å². The lowest BCUT2D eigenvalue weighted by Crippen LogP contribution is -1.94. The second kappa shape index (κ2) is 2.82. The second-order valence-electron chi connectivity index (χ2n) is 3.16. The van der Waals surface area contributed by atoms with Crippen molar-refractivity contribution < 1.29 is 9.50 Å². The van der Waals surface area contributed by atoms with E-state index in [1.807, 2.05) is 0 Å². The van der Waals surface area contributed by atoms with Gasteiger partial charge in [-0.1, -0.05) is 6.07 Å². The fourth-order valence-corrected chi connectivity index (χ4v) is 1.73. The van der Waals surface area contributed by atoms with Gasteiger partial charge in [-0.25, -0.2) is 4.39 Å². The molecule has 3 heteroatoms. The monoisotopic (exact) mass is 177 g/mol. The fraction of sp³-hybridized carbons (Fsp3) is 0.300. The Morgan fingerprint density at radius 3 is 3.00 bits per heavy atom. The number of hydrogen-bond acceptors (Lipinski definition) is 2. The number of halogens is 1. The van der Waals surface area contributed by atoms with Gasteiger partial charge in [0.15, 0.2) is 0 Å². The first-order chi connectivity index (χ1) is 6.24. The fourth-order valence-electron chi connectivity index (χ4n) is 1.73. The minimum Gasteiger partial charge on any atom is -0.388 e. The summed E-state index contributed by atoms with van der Waals surface area (Å²) in [7, 11) is 0. The van der Waals surface area contributed by atoms with Crippen LogP contribution in [0.3, 0.4) is 0 Å². The number of aliphatic hydroxyl groups is 1. The first-order valence-corrected chi connectivity index (χ1v) is 4.13. The number of fused-ring (bicyclic) bond motifs is 1. The first-order valence-electron chi connectivity index (χ1n) is 4.13. The number of rotatable bonds is 0. The van der Waals surface area contributed by atoms with E-state index < -0.39 is 11.9 Å². The smallest absolute Gasteiger partial charge is 0.144 e. The van der Waals surface area contributed by atoms with Crippen molar-refractivity contribution in [3.05, 3.63) is 34.6 Å². The van der Waals surface area contributed by atoms with Gasteiger partial charge < -0.3 is 5.11 Å². The van der Waals surface area contributed by atoms with Crippen LogP contribution in [-0.4, -0.2) is 5.11 Å². The zero-order valence-electron chi connectivity index (χ0n) is 6.92. The molecule has 0 fully saturated rings. The number of nitriles is 1. The van der Waals surface area contributed by atoms with E-state index in [-0.39, 0.29) is 5.56 Å². The quantitative estimate of drug-likeness (QED) is 0.655. The van der Waals surface area contributed by atoms with Crippen molar-refractivity contribution in [2.75, 3.05) is 0 Å². The van der Waals surface area contributed by atoms with Crippen molar-refractivity contribution in [3.63, 3.8) is 0 Å². The highest BCUT2D eigenvalue weighted by atomic mass is 19.1. The molecule has 1 atom stereocenters. The average molecular weight is 177 g/mol. The maximum absolute atomic E-state index is 13.4. The third-order valence-corrected chi connectivity index (χ3v) is 2.43. The van der Waals surface area contributed by atoms with Crippen LogP contribution in [0.4, 0.5) is 4.39 Å². The molecule has 13 heavy (non-hydrogen) atoms. The van der Waals surface area contributed by atoms with Crippen LogP contribution >= 0.6 is 0 Å². The number of benzene rings is 1. The van der Waals surface area contributed by atoms with Gasteiger partial charge in [-0.05, 0) is 30.0 Å². The van der Waals surface area contributed by atoms with E-state index in [1.54, 1.807) is 12.1 Å². The third kappa shape index (κ3) is 1.11. The molecule has 0 saturated carbocycles. The number of aliphatic hydroxyl groups excluding tert-OH is 1. The van der Waals surface area contributed by atoms with Crippen LogP contribution in [0.2, 0.25) is 0 Å². The minimum absolute atomic E-state index is 0.0628. The molecule has 0 aliphatic heterocycles. The van der Waals surface area contributed by atoms with Crippen molar-refractivity contribution in [2.45, 2.75) is 18.9 Å². The standard InChI is InChI=1S/C10H8FNO/c11-10-6(5-12)1-2-7-8(10)3-4-9(7)13/h1-2,9,13H,3-4H2. The molecule has 66 valence electrons. The minimum atomic E-state index is -0.558. The molecular weight excluding hydrogens is 169 g/mol. The predicted molar refractivity (Wildman–Crippen MR) is 44.4 cm³/mol. The lowest BCUT2D eigenvalue weighted by Gasteiger charge is -2.04. The van der Waals surface area contributed by atoms with Gasteiger partial charge in [0.25, 0.3) is 0 Å². The molecule has 1 aliphatic rings. The van der Waals surface area contributed by atoms with Crippen molar-refractivity contribution in [1.82, 2.24) is 0 Å². The molecule has 0 heterocycles. The van der Waals surface area contributed by atoms with Crippen molar-refractivity contribution in [1.29, 1.82) is 5.26 Å².